The largest absolute Gasteiger partial charge is 0.337 e. The molecule has 3 rings (SSSR count). The minimum Gasteiger partial charge on any atom is -0.337 e. The second-order valence-corrected chi connectivity index (χ2v) is 6.11. The monoisotopic (exact) mass is 337 g/mol. The van der Waals surface area contributed by atoms with Crippen LogP contribution >= 0.6 is 12.4 Å². The van der Waals surface area contributed by atoms with E-state index in [0.717, 1.165) is 45.7 Å². The van der Waals surface area contributed by atoms with E-state index in [2.05, 4.69) is 10.2 Å². The van der Waals surface area contributed by atoms with Crippen molar-refractivity contribution in [1.29, 1.82) is 0 Å². The molecule has 1 aromatic carbocycles. The predicted molar refractivity (Wildman–Crippen MR) is 92.4 cm³/mol. The standard InChI is InChI=1S/C17H23N3O2.ClH/c1-13(21)14-2-4-15(5-3-14)17(22)20-9-6-16(12-20)19-10-7-18-8-11-19;/h2-5,16,18H,6-12H2,1H3;1H. The summed E-state index contributed by atoms with van der Waals surface area (Å²) >= 11 is 0. The number of carbonyl (C=O) groups is 2. The first kappa shape index (κ1) is 17.9. The molecule has 6 heteroatoms. The van der Waals surface area contributed by atoms with Crippen LogP contribution in [0.15, 0.2) is 24.3 Å². The van der Waals surface area contributed by atoms with Crippen molar-refractivity contribution in [1.82, 2.24) is 15.1 Å². The molecule has 5 nitrogen and oxygen atoms in total. The number of piperazine rings is 1. The van der Waals surface area contributed by atoms with Gasteiger partial charge in [-0.3, -0.25) is 14.5 Å². The molecule has 126 valence electrons. The molecule has 0 saturated carbocycles. The molecule has 23 heavy (non-hydrogen) atoms. The van der Waals surface area contributed by atoms with Crippen molar-refractivity contribution in [2.75, 3.05) is 39.3 Å². The fourth-order valence-corrected chi connectivity index (χ4v) is 3.30. The Morgan fingerprint density at radius 2 is 1.65 bits per heavy atom. The quantitative estimate of drug-likeness (QED) is 0.848. The van der Waals surface area contributed by atoms with E-state index in [1.807, 2.05) is 4.90 Å². The third-order valence-electron chi connectivity index (χ3n) is 4.66. The summed E-state index contributed by atoms with van der Waals surface area (Å²) < 4.78 is 0. The lowest BCUT2D eigenvalue weighted by atomic mass is 10.1. The van der Waals surface area contributed by atoms with Crippen LogP contribution in [0.5, 0.6) is 0 Å². The Hall–Kier alpha value is -1.43. The molecule has 1 atom stereocenters. The third-order valence-corrected chi connectivity index (χ3v) is 4.66. The molecule has 0 radical (unpaired) electrons. The summed E-state index contributed by atoms with van der Waals surface area (Å²) in [4.78, 5) is 28.3. The van der Waals surface area contributed by atoms with E-state index >= 15 is 0 Å². The van der Waals surface area contributed by atoms with E-state index in [-0.39, 0.29) is 24.1 Å². The minimum atomic E-state index is 0. The fourth-order valence-electron chi connectivity index (χ4n) is 3.30. The van der Waals surface area contributed by atoms with Crippen LogP contribution in [0.25, 0.3) is 0 Å². The molecule has 2 aliphatic rings. The van der Waals surface area contributed by atoms with Gasteiger partial charge >= 0.3 is 0 Å². The summed E-state index contributed by atoms with van der Waals surface area (Å²) in [6, 6.07) is 7.48. The minimum absolute atomic E-state index is 0. The number of carbonyl (C=O) groups excluding carboxylic acids is 2. The molecule has 2 aliphatic heterocycles. The number of amides is 1. The molecule has 0 bridgehead atoms. The number of Topliss-reactive ketones (excluding diaryl/α,β-unsaturated/α-hetero) is 1. The highest BCUT2D eigenvalue weighted by atomic mass is 35.5. The van der Waals surface area contributed by atoms with Crippen molar-refractivity contribution in [3.63, 3.8) is 0 Å². The molecular weight excluding hydrogens is 314 g/mol. The maximum absolute atomic E-state index is 12.6. The zero-order valence-electron chi connectivity index (χ0n) is 13.5. The van der Waals surface area contributed by atoms with Crippen LogP contribution < -0.4 is 5.32 Å². The number of nitrogens with one attached hydrogen (secondary N) is 1. The van der Waals surface area contributed by atoms with Crippen molar-refractivity contribution < 1.29 is 9.59 Å². The first-order valence-corrected chi connectivity index (χ1v) is 8.00. The van der Waals surface area contributed by atoms with Crippen LogP contribution in [0, 0.1) is 0 Å². The van der Waals surface area contributed by atoms with Crippen molar-refractivity contribution in [3.8, 4) is 0 Å². The first-order chi connectivity index (χ1) is 10.6. The average molecular weight is 338 g/mol. The topological polar surface area (TPSA) is 52.7 Å². The van der Waals surface area contributed by atoms with E-state index < -0.39 is 0 Å². The van der Waals surface area contributed by atoms with Gasteiger partial charge in [-0.2, -0.15) is 0 Å². The smallest absolute Gasteiger partial charge is 0.253 e. The van der Waals surface area contributed by atoms with Gasteiger partial charge in [0.15, 0.2) is 5.78 Å². The molecule has 2 heterocycles. The van der Waals surface area contributed by atoms with Gasteiger partial charge in [0, 0.05) is 56.4 Å². The highest BCUT2D eigenvalue weighted by molar-refractivity contribution is 5.97. The van der Waals surface area contributed by atoms with Gasteiger partial charge in [0.1, 0.15) is 0 Å². The molecular formula is C17H24ClN3O2. The van der Waals surface area contributed by atoms with Crippen LogP contribution in [0.3, 0.4) is 0 Å². The Kier molecular flexibility index (Phi) is 6.16. The van der Waals surface area contributed by atoms with Crippen LogP contribution in [-0.2, 0) is 0 Å². The zero-order chi connectivity index (χ0) is 15.5. The average Bonchev–Trinajstić information content (AvgIpc) is 3.05. The summed E-state index contributed by atoms with van der Waals surface area (Å²) in [5.74, 6) is 0.103. The lowest BCUT2D eigenvalue weighted by Crippen LogP contribution is -2.49. The van der Waals surface area contributed by atoms with Crippen molar-refractivity contribution in [2.24, 2.45) is 0 Å². The molecule has 2 saturated heterocycles. The summed E-state index contributed by atoms with van der Waals surface area (Å²) in [6.07, 6.45) is 1.05. The second kappa shape index (κ2) is 7.90. The Morgan fingerprint density at radius 1 is 1.04 bits per heavy atom. The Bertz CT molecular complexity index is 555. The summed E-state index contributed by atoms with van der Waals surface area (Å²) in [5, 5.41) is 3.36. The predicted octanol–water partition coefficient (Wildman–Crippen LogP) is 1.43. The number of rotatable bonds is 3. The van der Waals surface area contributed by atoms with Gasteiger partial charge in [0.2, 0.25) is 0 Å². The van der Waals surface area contributed by atoms with Gasteiger partial charge in [0.05, 0.1) is 0 Å². The van der Waals surface area contributed by atoms with Crippen molar-refractivity contribution >= 4 is 24.1 Å². The van der Waals surface area contributed by atoms with Crippen molar-refractivity contribution in [3.05, 3.63) is 35.4 Å². The molecule has 1 unspecified atom stereocenters. The third kappa shape index (κ3) is 4.10. The SMILES string of the molecule is CC(=O)c1ccc(C(=O)N2CCC(N3CCNCC3)C2)cc1.Cl. The number of likely N-dealkylation sites (tertiary alicyclic amines) is 1. The molecule has 0 spiro atoms. The summed E-state index contributed by atoms with van der Waals surface area (Å²) in [6.45, 7) is 7.39. The lowest BCUT2D eigenvalue weighted by molar-refractivity contribution is 0.0773. The van der Waals surface area contributed by atoms with Gasteiger partial charge in [0.25, 0.3) is 5.91 Å². The lowest BCUT2D eigenvalue weighted by Gasteiger charge is -2.32. The van der Waals surface area contributed by atoms with Gasteiger partial charge < -0.3 is 10.2 Å². The molecule has 2 fully saturated rings. The van der Waals surface area contributed by atoms with Crippen LogP contribution in [0.4, 0.5) is 0 Å². The summed E-state index contributed by atoms with van der Waals surface area (Å²) in [7, 11) is 0. The Morgan fingerprint density at radius 3 is 2.26 bits per heavy atom. The number of halogens is 1. The molecule has 0 aromatic heterocycles. The molecule has 1 amide bonds. The Labute approximate surface area is 143 Å². The number of ketones is 1. The maximum atomic E-state index is 12.6. The van der Waals surface area contributed by atoms with Crippen LogP contribution in [-0.4, -0.2) is 66.8 Å². The van der Waals surface area contributed by atoms with E-state index in [0.29, 0.717) is 17.2 Å². The molecule has 1 N–H and O–H groups in total. The number of hydrogen-bond donors (Lipinski definition) is 1. The number of benzene rings is 1. The Balaban J connectivity index is 0.00000192. The maximum Gasteiger partial charge on any atom is 0.253 e. The van der Waals surface area contributed by atoms with E-state index in [1.165, 1.54) is 6.92 Å². The van der Waals surface area contributed by atoms with E-state index in [9.17, 15) is 9.59 Å². The van der Waals surface area contributed by atoms with Gasteiger partial charge in [-0.1, -0.05) is 12.1 Å². The van der Waals surface area contributed by atoms with Crippen molar-refractivity contribution in [2.45, 2.75) is 19.4 Å². The van der Waals surface area contributed by atoms with Gasteiger partial charge in [-0.15, -0.1) is 12.4 Å². The van der Waals surface area contributed by atoms with Crippen LogP contribution in [0.1, 0.15) is 34.1 Å². The molecule has 1 aromatic rings. The highest BCUT2D eigenvalue weighted by Crippen LogP contribution is 2.19. The van der Waals surface area contributed by atoms with Gasteiger partial charge in [-0.05, 0) is 25.5 Å². The van der Waals surface area contributed by atoms with Crippen LogP contribution in [0.2, 0.25) is 0 Å². The highest BCUT2D eigenvalue weighted by Gasteiger charge is 2.31. The fraction of sp³-hybridized carbons (Fsp3) is 0.529. The normalized spacial score (nSPS) is 21.8. The zero-order valence-corrected chi connectivity index (χ0v) is 14.3. The summed E-state index contributed by atoms with van der Waals surface area (Å²) in [5.41, 5.74) is 1.32. The van der Waals surface area contributed by atoms with E-state index in [4.69, 9.17) is 0 Å². The number of nitrogens with zero attached hydrogens (tertiary/aromatic N) is 2. The van der Waals surface area contributed by atoms with E-state index in [1.54, 1.807) is 24.3 Å². The second-order valence-electron chi connectivity index (χ2n) is 6.11. The van der Waals surface area contributed by atoms with Gasteiger partial charge in [-0.25, -0.2) is 0 Å². The number of hydrogen-bond acceptors (Lipinski definition) is 4. The molecule has 0 aliphatic carbocycles. The first-order valence-electron chi connectivity index (χ1n) is 8.00.